The number of sulfone groups is 1. The zero-order valence-electron chi connectivity index (χ0n) is 8.73. The van der Waals surface area contributed by atoms with Crippen molar-refractivity contribution in [3.05, 3.63) is 23.0 Å². The topological polar surface area (TPSA) is 87.2 Å². The van der Waals surface area contributed by atoms with Gasteiger partial charge in [-0.1, -0.05) is 18.5 Å². The number of carboxylic acids is 1. The second-order valence-electron chi connectivity index (χ2n) is 2.67. The molecule has 1 aromatic rings. The summed E-state index contributed by atoms with van der Waals surface area (Å²) in [5.41, 5.74) is -0.649. The van der Waals surface area contributed by atoms with Crippen LogP contribution in [-0.2, 0) is 9.84 Å². The Kier molecular flexibility index (Phi) is 5.49. The standard InChI is InChI=1S/C8H8ClNO4S.Li/c1-2-15(13,14)5-3-4-6(9)10-7(5)8(11)12;/h3-4H,2H2,1H3,(H,11,12);/q;+1/p-1. The number of pyridine rings is 1. The van der Waals surface area contributed by atoms with Crippen molar-refractivity contribution in [2.45, 2.75) is 11.8 Å². The molecule has 0 radical (unpaired) electrons. The SMILES string of the molecule is CCS(=O)(=O)c1ccc(Cl)nc1C(=O)[O-].[Li+]. The van der Waals surface area contributed by atoms with Gasteiger partial charge in [-0.25, -0.2) is 13.4 Å². The molecule has 0 fully saturated rings. The third-order valence-corrected chi connectivity index (χ3v) is 3.70. The smallest absolute Gasteiger partial charge is 0.543 e. The average molecular weight is 256 g/mol. The largest absolute Gasteiger partial charge is 1.00 e. The fourth-order valence-electron chi connectivity index (χ4n) is 0.975. The summed E-state index contributed by atoms with van der Waals surface area (Å²) in [6, 6.07) is 2.33. The van der Waals surface area contributed by atoms with Gasteiger partial charge in [-0.15, -0.1) is 0 Å². The molecular formula is C8H7ClLiNO4S. The number of hydrogen-bond donors (Lipinski definition) is 0. The van der Waals surface area contributed by atoms with Crippen molar-refractivity contribution < 1.29 is 37.2 Å². The van der Waals surface area contributed by atoms with E-state index in [4.69, 9.17) is 11.6 Å². The molecule has 8 heteroatoms. The van der Waals surface area contributed by atoms with Crippen molar-refractivity contribution in [1.29, 1.82) is 0 Å². The first-order chi connectivity index (χ1) is 6.88. The van der Waals surface area contributed by atoms with Crippen LogP contribution in [0.2, 0.25) is 5.15 Å². The van der Waals surface area contributed by atoms with Crippen LogP contribution in [0.1, 0.15) is 17.4 Å². The van der Waals surface area contributed by atoms with Gasteiger partial charge in [-0.05, 0) is 12.1 Å². The van der Waals surface area contributed by atoms with E-state index in [-0.39, 0.29) is 34.7 Å². The quantitative estimate of drug-likeness (QED) is 0.422. The molecule has 0 saturated carbocycles. The number of aromatic carboxylic acids is 1. The van der Waals surface area contributed by atoms with Crippen molar-refractivity contribution in [3.63, 3.8) is 0 Å². The molecule has 1 aromatic heterocycles. The Balaban J connectivity index is 0.00000225. The van der Waals surface area contributed by atoms with Crippen molar-refractivity contribution in [2.75, 3.05) is 5.75 Å². The Labute approximate surface area is 110 Å². The summed E-state index contributed by atoms with van der Waals surface area (Å²) in [7, 11) is -3.63. The minimum atomic E-state index is -3.63. The van der Waals surface area contributed by atoms with E-state index < -0.39 is 21.5 Å². The normalized spacial score (nSPS) is 10.6. The molecule has 1 heterocycles. The van der Waals surface area contributed by atoms with Crippen LogP contribution in [0.25, 0.3) is 0 Å². The van der Waals surface area contributed by atoms with Crippen LogP contribution in [-0.4, -0.2) is 25.1 Å². The Morgan fingerprint density at radius 3 is 2.50 bits per heavy atom. The van der Waals surface area contributed by atoms with Crippen LogP contribution in [0.4, 0.5) is 0 Å². The van der Waals surface area contributed by atoms with Crippen molar-refractivity contribution >= 4 is 27.4 Å². The third kappa shape index (κ3) is 3.22. The molecule has 0 unspecified atom stereocenters. The van der Waals surface area contributed by atoms with Crippen LogP contribution in [0.15, 0.2) is 17.0 Å². The van der Waals surface area contributed by atoms with Crippen LogP contribution in [0.5, 0.6) is 0 Å². The Morgan fingerprint density at radius 1 is 1.50 bits per heavy atom. The van der Waals surface area contributed by atoms with Crippen molar-refractivity contribution in [2.24, 2.45) is 0 Å². The number of hydrogen-bond acceptors (Lipinski definition) is 5. The molecule has 0 amide bonds. The zero-order valence-corrected chi connectivity index (χ0v) is 10.3. The summed E-state index contributed by atoms with van der Waals surface area (Å²) >= 11 is 5.46. The number of carbonyl (C=O) groups is 1. The maximum Gasteiger partial charge on any atom is 1.00 e. The van der Waals surface area contributed by atoms with E-state index in [1.807, 2.05) is 0 Å². The first-order valence-corrected chi connectivity index (χ1v) is 6.02. The van der Waals surface area contributed by atoms with Gasteiger partial charge < -0.3 is 9.90 Å². The molecule has 0 bridgehead atoms. The Bertz CT molecular complexity index is 503. The van der Waals surface area contributed by atoms with Crippen molar-refractivity contribution in [3.8, 4) is 0 Å². The molecule has 0 N–H and O–H groups in total. The Hall–Kier alpha value is -0.543. The minimum absolute atomic E-state index is 0. The summed E-state index contributed by atoms with van der Waals surface area (Å²) in [4.78, 5) is 13.7. The molecule has 0 aromatic carbocycles. The minimum Gasteiger partial charge on any atom is -0.543 e. The van der Waals surface area contributed by atoms with Crippen LogP contribution >= 0.6 is 11.6 Å². The van der Waals surface area contributed by atoms with Gasteiger partial charge in [0.05, 0.1) is 16.6 Å². The van der Waals surface area contributed by atoms with E-state index in [0.29, 0.717) is 0 Å². The zero-order chi connectivity index (χ0) is 11.6. The van der Waals surface area contributed by atoms with Gasteiger partial charge in [-0.3, -0.25) is 0 Å². The molecule has 1 rings (SSSR count). The molecule has 5 nitrogen and oxygen atoms in total. The van der Waals surface area contributed by atoms with Crippen molar-refractivity contribution in [1.82, 2.24) is 4.98 Å². The average Bonchev–Trinajstić information content (AvgIpc) is 2.17. The second kappa shape index (κ2) is 5.69. The number of aromatic nitrogens is 1. The van der Waals surface area contributed by atoms with Crippen LogP contribution in [0, 0.1) is 0 Å². The van der Waals surface area contributed by atoms with Crippen LogP contribution in [0.3, 0.4) is 0 Å². The van der Waals surface area contributed by atoms with Gasteiger partial charge in [0.1, 0.15) is 10.8 Å². The fourth-order valence-corrected chi connectivity index (χ4v) is 2.13. The van der Waals surface area contributed by atoms with E-state index in [1.54, 1.807) is 0 Å². The number of rotatable bonds is 3. The fraction of sp³-hybridized carbons (Fsp3) is 0.250. The van der Waals surface area contributed by atoms with E-state index in [2.05, 4.69) is 4.98 Å². The third-order valence-electron chi connectivity index (χ3n) is 1.73. The maximum absolute atomic E-state index is 11.5. The van der Waals surface area contributed by atoms with Crippen LogP contribution < -0.4 is 24.0 Å². The molecule has 0 saturated heterocycles. The van der Waals surface area contributed by atoms with E-state index >= 15 is 0 Å². The van der Waals surface area contributed by atoms with Gasteiger partial charge in [0.2, 0.25) is 0 Å². The molecule has 82 valence electrons. The monoisotopic (exact) mass is 255 g/mol. The summed E-state index contributed by atoms with van der Waals surface area (Å²) < 4.78 is 22.9. The van der Waals surface area contributed by atoms with E-state index in [0.717, 1.165) is 6.07 Å². The molecule has 0 aliphatic carbocycles. The van der Waals surface area contributed by atoms with Gasteiger partial charge in [-0.2, -0.15) is 0 Å². The van der Waals surface area contributed by atoms with E-state index in [9.17, 15) is 18.3 Å². The summed E-state index contributed by atoms with van der Waals surface area (Å²) in [5.74, 6) is -1.87. The number of carboxylic acid groups (broad SMARTS) is 1. The molecule has 0 spiro atoms. The first-order valence-electron chi connectivity index (χ1n) is 3.99. The van der Waals surface area contributed by atoms with Gasteiger partial charge in [0.25, 0.3) is 0 Å². The van der Waals surface area contributed by atoms with E-state index in [1.165, 1.54) is 13.0 Å². The molecule has 0 atom stereocenters. The van der Waals surface area contributed by atoms with Gasteiger partial charge in [0.15, 0.2) is 9.84 Å². The summed E-state index contributed by atoms with van der Waals surface area (Å²) in [6.07, 6.45) is 0. The predicted octanol–water partition coefficient (Wildman–Crippen LogP) is -3.10. The summed E-state index contributed by atoms with van der Waals surface area (Å²) in [5, 5.41) is 10.5. The first kappa shape index (κ1) is 15.5. The maximum atomic E-state index is 11.5. The molecule has 0 aliphatic heterocycles. The number of carbonyl (C=O) groups excluding carboxylic acids is 1. The van der Waals surface area contributed by atoms with Gasteiger partial charge in [0, 0.05) is 0 Å². The second-order valence-corrected chi connectivity index (χ2v) is 5.31. The predicted molar refractivity (Wildman–Crippen MR) is 51.3 cm³/mol. The van der Waals surface area contributed by atoms with Gasteiger partial charge >= 0.3 is 18.9 Å². The molecule has 16 heavy (non-hydrogen) atoms. The number of nitrogens with zero attached hydrogens (tertiary/aromatic N) is 1. The Morgan fingerprint density at radius 2 is 2.06 bits per heavy atom. The molecular weight excluding hydrogens is 249 g/mol. The summed E-state index contributed by atoms with van der Waals surface area (Å²) in [6.45, 7) is 1.41. The molecule has 0 aliphatic rings. The number of halogens is 1.